The lowest BCUT2D eigenvalue weighted by molar-refractivity contribution is 0.593. The molecule has 0 aliphatic rings. The molecule has 2 heterocycles. The normalized spacial score (nSPS) is 11.4. The molecular formula is C28H40N2S. The quantitative estimate of drug-likeness (QED) is 0.222. The topological polar surface area (TPSA) is 25.8 Å². The first kappa shape index (κ1) is 23.9. The van der Waals surface area contributed by atoms with Crippen LogP contribution in [0.1, 0.15) is 102 Å². The Kier molecular flexibility index (Phi) is 10.5. The number of aromatic nitrogens is 2. The van der Waals surface area contributed by atoms with Crippen LogP contribution in [0.3, 0.4) is 0 Å². The highest BCUT2D eigenvalue weighted by atomic mass is 32.1. The van der Waals surface area contributed by atoms with Crippen LogP contribution in [0.2, 0.25) is 0 Å². The lowest BCUT2D eigenvalue weighted by atomic mass is 10.0. The highest BCUT2D eigenvalue weighted by Gasteiger charge is 2.13. The fourth-order valence-electron chi connectivity index (χ4n) is 4.33. The second kappa shape index (κ2) is 13.6. The van der Waals surface area contributed by atoms with Crippen LogP contribution in [-0.2, 0) is 12.8 Å². The molecule has 0 saturated carbocycles. The molecule has 0 fully saturated rings. The van der Waals surface area contributed by atoms with Crippen molar-refractivity contribution in [2.24, 2.45) is 0 Å². The monoisotopic (exact) mass is 436 g/mol. The Balaban J connectivity index is 1.75. The number of hydrogen-bond acceptors (Lipinski definition) is 3. The summed E-state index contributed by atoms with van der Waals surface area (Å²) in [5, 5.41) is 2.14. The summed E-state index contributed by atoms with van der Waals surface area (Å²) in [5.41, 5.74) is 5.87. The van der Waals surface area contributed by atoms with Crippen LogP contribution >= 0.6 is 11.3 Å². The summed E-state index contributed by atoms with van der Waals surface area (Å²) >= 11 is 1.79. The largest absolute Gasteiger partial charge is 0.249 e. The minimum Gasteiger partial charge on any atom is -0.249 e. The highest BCUT2D eigenvalue weighted by molar-refractivity contribution is 7.13. The summed E-state index contributed by atoms with van der Waals surface area (Å²) in [5.74, 6) is 0. The molecular weight excluding hydrogens is 396 g/mol. The molecule has 31 heavy (non-hydrogen) atoms. The Morgan fingerprint density at radius 2 is 1.26 bits per heavy atom. The number of benzene rings is 1. The first-order valence-corrected chi connectivity index (χ1v) is 13.5. The van der Waals surface area contributed by atoms with Gasteiger partial charge in [0.05, 0.1) is 22.4 Å². The fourth-order valence-corrected chi connectivity index (χ4v) is 5.08. The van der Waals surface area contributed by atoms with Crippen molar-refractivity contribution in [1.29, 1.82) is 0 Å². The first-order chi connectivity index (χ1) is 15.3. The van der Waals surface area contributed by atoms with E-state index in [1.54, 1.807) is 11.3 Å². The smallest absolute Gasteiger partial charge is 0.0976 e. The molecule has 0 unspecified atom stereocenters. The van der Waals surface area contributed by atoms with Crippen LogP contribution in [0, 0.1) is 0 Å². The number of thiophene rings is 1. The Morgan fingerprint density at radius 1 is 0.645 bits per heavy atom. The molecule has 0 N–H and O–H groups in total. The molecule has 0 aliphatic carbocycles. The summed E-state index contributed by atoms with van der Waals surface area (Å²) in [6.07, 6.45) is 18.0. The number of aryl methyl sites for hydroxylation is 2. The van der Waals surface area contributed by atoms with Gasteiger partial charge in [0.2, 0.25) is 0 Å². The van der Waals surface area contributed by atoms with Gasteiger partial charge in [-0.1, -0.05) is 96.3 Å². The Labute approximate surface area is 193 Å². The van der Waals surface area contributed by atoms with Gasteiger partial charge in [-0.2, -0.15) is 0 Å². The summed E-state index contributed by atoms with van der Waals surface area (Å²) in [7, 11) is 0. The standard InChI is InChI=1S/C28H40N2S/c1-3-5-7-9-11-13-18-24-25(19-14-12-10-8-6-4-2)30-28-23(27-21-16-22-31-27)17-15-20-26(28)29-24/h15-17,20-22H,3-14,18-19H2,1-2H3. The van der Waals surface area contributed by atoms with E-state index in [0.29, 0.717) is 0 Å². The molecule has 0 aliphatic heterocycles. The summed E-state index contributed by atoms with van der Waals surface area (Å²) in [4.78, 5) is 11.7. The van der Waals surface area contributed by atoms with Gasteiger partial charge < -0.3 is 0 Å². The van der Waals surface area contributed by atoms with E-state index in [0.717, 1.165) is 23.9 Å². The zero-order chi connectivity index (χ0) is 21.7. The Bertz CT molecular complexity index is 885. The average molecular weight is 437 g/mol. The summed E-state index contributed by atoms with van der Waals surface area (Å²) in [6.45, 7) is 4.56. The summed E-state index contributed by atoms with van der Waals surface area (Å²) in [6, 6.07) is 10.8. The molecule has 0 radical (unpaired) electrons. The maximum atomic E-state index is 5.24. The minimum absolute atomic E-state index is 1.05. The van der Waals surface area contributed by atoms with Crippen molar-refractivity contribution in [2.75, 3.05) is 0 Å². The second-order valence-corrected chi connectivity index (χ2v) is 9.75. The molecule has 168 valence electrons. The molecule has 3 rings (SSSR count). The molecule has 2 nitrogen and oxygen atoms in total. The van der Waals surface area contributed by atoms with Gasteiger partial charge in [-0.3, -0.25) is 0 Å². The van der Waals surface area contributed by atoms with Gasteiger partial charge in [-0.25, -0.2) is 9.97 Å². The van der Waals surface area contributed by atoms with Gasteiger partial charge in [0, 0.05) is 10.4 Å². The third-order valence-corrected chi connectivity index (χ3v) is 7.07. The molecule has 3 aromatic rings. The SMILES string of the molecule is CCCCCCCCc1nc2cccc(-c3cccs3)c2nc1CCCCCCCC. The van der Waals surface area contributed by atoms with Gasteiger partial charge in [0.1, 0.15) is 0 Å². The van der Waals surface area contributed by atoms with Crippen LogP contribution in [0.15, 0.2) is 35.7 Å². The van der Waals surface area contributed by atoms with Crippen molar-refractivity contribution < 1.29 is 0 Å². The van der Waals surface area contributed by atoms with Crippen molar-refractivity contribution >= 4 is 22.4 Å². The molecule has 0 spiro atoms. The maximum absolute atomic E-state index is 5.24. The van der Waals surface area contributed by atoms with Gasteiger partial charge >= 0.3 is 0 Å². The number of para-hydroxylation sites is 1. The number of hydrogen-bond donors (Lipinski definition) is 0. The maximum Gasteiger partial charge on any atom is 0.0976 e. The van der Waals surface area contributed by atoms with E-state index in [9.17, 15) is 0 Å². The van der Waals surface area contributed by atoms with E-state index < -0.39 is 0 Å². The van der Waals surface area contributed by atoms with Gasteiger partial charge in [0.25, 0.3) is 0 Å². The number of nitrogens with zero attached hydrogens (tertiary/aromatic N) is 2. The third-order valence-electron chi connectivity index (χ3n) is 6.17. The number of unbranched alkanes of at least 4 members (excludes halogenated alkanes) is 10. The van der Waals surface area contributed by atoms with E-state index in [-0.39, 0.29) is 0 Å². The van der Waals surface area contributed by atoms with E-state index in [2.05, 4.69) is 49.6 Å². The van der Waals surface area contributed by atoms with Crippen molar-refractivity contribution in [3.8, 4) is 10.4 Å². The Hall–Kier alpha value is -1.74. The summed E-state index contributed by atoms with van der Waals surface area (Å²) < 4.78 is 0. The molecule has 0 saturated heterocycles. The van der Waals surface area contributed by atoms with E-state index in [1.807, 2.05) is 0 Å². The highest BCUT2D eigenvalue weighted by Crippen LogP contribution is 2.31. The Morgan fingerprint density at radius 3 is 1.87 bits per heavy atom. The first-order valence-electron chi connectivity index (χ1n) is 12.7. The van der Waals surface area contributed by atoms with Crippen LogP contribution in [0.25, 0.3) is 21.5 Å². The average Bonchev–Trinajstić information content (AvgIpc) is 3.33. The zero-order valence-corrected chi connectivity index (χ0v) is 20.5. The van der Waals surface area contributed by atoms with Crippen molar-refractivity contribution in [2.45, 2.75) is 104 Å². The van der Waals surface area contributed by atoms with Crippen molar-refractivity contribution in [3.05, 3.63) is 47.1 Å². The molecule has 2 aromatic heterocycles. The van der Waals surface area contributed by atoms with Crippen LogP contribution in [0.5, 0.6) is 0 Å². The van der Waals surface area contributed by atoms with Crippen LogP contribution in [0.4, 0.5) is 0 Å². The van der Waals surface area contributed by atoms with E-state index >= 15 is 0 Å². The van der Waals surface area contributed by atoms with Gasteiger partial charge in [0.15, 0.2) is 0 Å². The molecule has 1 aromatic carbocycles. The van der Waals surface area contributed by atoms with Crippen molar-refractivity contribution in [1.82, 2.24) is 9.97 Å². The van der Waals surface area contributed by atoms with Gasteiger partial charge in [-0.05, 0) is 43.2 Å². The zero-order valence-electron chi connectivity index (χ0n) is 19.7. The minimum atomic E-state index is 1.05. The predicted molar refractivity (Wildman–Crippen MR) is 137 cm³/mol. The number of rotatable bonds is 15. The fraction of sp³-hybridized carbons (Fsp3) is 0.571. The van der Waals surface area contributed by atoms with Crippen molar-refractivity contribution in [3.63, 3.8) is 0 Å². The van der Waals surface area contributed by atoms with Gasteiger partial charge in [-0.15, -0.1) is 11.3 Å². The van der Waals surface area contributed by atoms with E-state index in [4.69, 9.17) is 9.97 Å². The third kappa shape index (κ3) is 7.42. The lowest BCUT2D eigenvalue weighted by Crippen LogP contribution is -2.04. The second-order valence-electron chi connectivity index (χ2n) is 8.80. The lowest BCUT2D eigenvalue weighted by Gasteiger charge is -2.12. The van der Waals surface area contributed by atoms with E-state index in [1.165, 1.54) is 98.9 Å². The predicted octanol–water partition coefficient (Wildman–Crippen LogP) is 9.16. The van der Waals surface area contributed by atoms with Crippen LogP contribution < -0.4 is 0 Å². The molecule has 0 amide bonds. The number of fused-ring (bicyclic) bond motifs is 1. The van der Waals surface area contributed by atoms with Crippen LogP contribution in [-0.4, -0.2) is 9.97 Å². The molecule has 0 bridgehead atoms. The molecule has 0 atom stereocenters. The molecule has 3 heteroatoms.